The Morgan fingerprint density at radius 3 is 2.47 bits per heavy atom. The first kappa shape index (κ1) is 23.2. The van der Waals surface area contributed by atoms with Gasteiger partial charge < -0.3 is 24.6 Å². The lowest BCUT2D eigenvalue weighted by atomic mass is 9.87. The lowest BCUT2D eigenvalue weighted by Gasteiger charge is -2.26. The molecule has 0 bridgehead atoms. The highest BCUT2D eigenvalue weighted by atomic mass is 16.6. The Balaban J connectivity index is 2.01. The molecule has 0 saturated carbocycles. The zero-order chi connectivity index (χ0) is 23.4. The SMILES string of the molecule is COc1cc(OC)c(C2CCN(C)C2CO)c(O)c1C(=O)C=Cc1ccc([N+](=O)[O-])cc1. The molecule has 9 heteroatoms. The van der Waals surface area contributed by atoms with E-state index in [1.807, 2.05) is 11.9 Å². The summed E-state index contributed by atoms with van der Waals surface area (Å²) >= 11 is 0. The van der Waals surface area contributed by atoms with E-state index in [1.54, 1.807) is 6.07 Å². The first-order valence-corrected chi connectivity index (χ1v) is 10.1. The number of nitro benzene ring substituents is 1. The van der Waals surface area contributed by atoms with Crippen LogP contribution in [0.4, 0.5) is 5.69 Å². The van der Waals surface area contributed by atoms with Crippen molar-refractivity contribution in [3.8, 4) is 17.2 Å². The Labute approximate surface area is 185 Å². The monoisotopic (exact) mass is 442 g/mol. The number of phenolic OH excluding ortho intramolecular Hbond substituents is 1. The summed E-state index contributed by atoms with van der Waals surface area (Å²) in [5, 5.41) is 31.8. The highest BCUT2D eigenvalue weighted by Gasteiger charge is 2.37. The van der Waals surface area contributed by atoms with Crippen molar-refractivity contribution in [1.29, 1.82) is 0 Å². The molecule has 0 aromatic heterocycles. The fraction of sp³-hybridized carbons (Fsp3) is 0.348. The van der Waals surface area contributed by atoms with E-state index < -0.39 is 10.7 Å². The van der Waals surface area contributed by atoms with E-state index in [-0.39, 0.29) is 41.3 Å². The number of nitrogens with zero attached hydrogens (tertiary/aromatic N) is 2. The summed E-state index contributed by atoms with van der Waals surface area (Å²) in [6, 6.07) is 7.09. The minimum atomic E-state index is -0.499. The van der Waals surface area contributed by atoms with Gasteiger partial charge in [-0.15, -0.1) is 0 Å². The summed E-state index contributed by atoms with van der Waals surface area (Å²) in [5.41, 5.74) is 0.998. The maximum atomic E-state index is 13.0. The lowest BCUT2D eigenvalue weighted by Crippen LogP contribution is -2.32. The molecule has 32 heavy (non-hydrogen) atoms. The van der Waals surface area contributed by atoms with E-state index >= 15 is 0 Å². The second-order valence-corrected chi connectivity index (χ2v) is 7.59. The second kappa shape index (κ2) is 9.80. The number of methoxy groups -OCH3 is 2. The van der Waals surface area contributed by atoms with Crippen LogP contribution in [0.2, 0.25) is 0 Å². The number of allylic oxidation sites excluding steroid dienone is 1. The Morgan fingerprint density at radius 1 is 1.25 bits per heavy atom. The highest BCUT2D eigenvalue weighted by molar-refractivity contribution is 6.11. The molecule has 0 aliphatic carbocycles. The van der Waals surface area contributed by atoms with Gasteiger partial charge in [-0.3, -0.25) is 14.9 Å². The van der Waals surface area contributed by atoms with Crippen LogP contribution >= 0.6 is 0 Å². The molecule has 0 amide bonds. The minimum absolute atomic E-state index is 0.00676. The molecule has 2 atom stereocenters. The molecule has 2 aromatic rings. The summed E-state index contributed by atoms with van der Waals surface area (Å²) in [6.07, 6.45) is 3.47. The third-order valence-electron chi connectivity index (χ3n) is 5.86. The number of aliphatic hydroxyl groups excluding tert-OH is 1. The number of hydrogen-bond donors (Lipinski definition) is 2. The van der Waals surface area contributed by atoms with Crippen molar-refractivity contribution in [1.82, 2.24) is 4.90 Å². The number of phenols is 1. The van der Waals surface area contributed by atoms with Gasteiger partial charge in [0.25, 0.3) is 5.69 Å². The van der Waals surface area contributed by atoms with Crippen LogP contribution in [0, 0.1) is 10.1 Å². The van der Waals surface area contributed by atoms with Crippen molar-refractivity contribution in [2.24, 2.45) is 0 Å². The van der Waals surface area contributed by atoms with Gasteiger partial charge in [-0.1, -0.05) is 6.08 Å². The van der Waals surface area contributed by atoms with E-state index in [0.29, 0.717) is 23.3 Å². The van der Waals surface area contributed by atoms with Gasteiger partial charge in [0.05, 0.1) is 25.7 Å². The van der Waals surface area contributed by atoms with Crippen molar-refractivity contribution in [2.45, 2.75) is 18.4 Å². The van der Waals surface area contributed by atoms with Crippen molar-refractivity contribution >= 4 is 17.5 Å². The number of carbonyl (C=O) groups excluding carboxylic acids is 1. The summed E-state index contributed by atoms with van der Waals surface area (Å²) in [4.78, 5) is 25.3. The van der Waals surface area contributed by atoms with Crippen LogP contribution in [-0.2, 0) is 0 Å². The Bertz CT molecular complexity index is 1030. The van der Waals surface area contributed by atoms with E-state index in [2.05, 4.69) is 0 Å². The van der Waals surface area contributed by atoms with Crippen LogP contribution < -0.4 is 9.47 Å². The van der Waals surface area contributed by atoms with Crippen molar-refractivity contribution in [2.75, 3.05) is 34.4 Å². The van der Waals surface area contributed by atoms with Crippen LogP contribution in [0.15, 0.2) is 36.4 Å². The van der Waals surface area contributed by atoms with Crippen LogP contribution in [0.1, 0.15) is 33.8 Å². The predicted octanol–water partition coefficient (Wildman–Crippen LogP) is 2.99. The first-order valence-electron chi connectivity index (χ1n) is 10.1. The number of nitro groups is 1. The molecule has 1 heterocycles. The number of ketones is 1. The molecular weight excluding hydrogens is 416 g/mol. The minimum Gasteiger partial charge on any atom is -0.507 e. The molecule has 2 aromatic carbocycles. The topological polar surface area (TPSA) is 122 Å². The summed E-state index contributed by atoms with van der Waals surface area (Å²) < 4.78 is 10.8. The van der Waals surface area contributed by atoms with E-state index in [9.17, 15) is 25.1 Å². The molecular formula is C23H26N2O7. The Morgan fingerprint density at radius 2 is 1.91 bits per heavy atom. The second-order valence-electron chi connectivity index (χ2n) is 7.59. The van der Waals surface area contributed by atoms with Crippen molar-refractivity contribution in [3.63, 3.8) is 0 Å². The number of hydrogen-bond acceptors (Lipinski definition) is 8. The summed E-state index contributed by atoms with van der Waals surface area (Å²) in [7, 11) is 4.76. The maximum Gasteiger partial charge on any atom is 0.269 e. The molecule has 2 N–H and O–H groups in total. The quantitative estimate of drug-likeness (QED) is 0.277. The molecule has 3 rings (SSSR count). The Kier molecular flexibility index (Phi) is 7.12. The maximum absolute atomic E-state index is 13.0. The highest BCUT2D eigenvalue weighted by Crippen LogP contribution is 2.47. The van der Waals surface area contributed by atoms with Gasteiger partial charge >= 0.3 is 0 Å². The molecule has 1 aliphatic heterocycles. The molecule has 170 valence electrons. The normalized spacial score (nSPS) is 18.8. The molecule has 1 fully saturated rings. The summed E-state index contributed by atoms with van der Waals surface area (Å²) in [5.74, 6) is -0.412. The third-order valence-corrected chi connectivity index (χ3v) is 5.86. The van der Waals surface area contributed by atoms with Gasteiger partial charge in [0.1, 0.15) is 22.8 Å². The lowest BCUT2D eigenvalue weighted by molar-refractivity contribution is -0.384. The smallest absolute Gasteiger partial charge is 0.269 e. The number of non-ortho nitro benzene ring substituents is 1. The first-order chi connectivity index (χ1) is 15.3. The van der Waals surface area contributed by atoms with Gasteiger partial charge in [-0.2, -0.15) is 0 Å². The standard InChI is InChI=1S/C23H26N2O7/c1-24-11-10-16(17(24)13-26)21-19(31-2)12-20(32-3)22(23(21)28)18(27)9-6-14-4-7-15(8-5-14)25(29)30/h4-9,12,16-17,26,28H,10-11,13H2,1-3H3. The fourth-order valence-corrected chi connectivity index (χ4v) is 4.14. The Hall–Kier alpha value is -3.43. The number of likely N-dealkylation sites (tertiary alicyclic amines) is 1. The van der Waals surface area contributed by atoms with Crippen LogP contribution in [0.3, 0.4) is 0 Å². The largest absolute Gasteiger partial charge is 0.507 e. The van der Waals surface area contributed by atoms with Gasteiger partial charge in [0, 0.05) is 35.7 Å². The zero-order valence-electron chi connectivity index (χ0n) is 18.1. The van der Waals surface area contributed by atoms with Crippen LogP contribution in [0.5, 0.6) is 17.2 Å². The van der Waals surface area contributed by atoms with Gasteiger partial charge in [-0.05, 0) is 43.8 Å². The fourth-order valence-electron chi connectivity index (χ4n) is 4.14. The molecule has 2 unspecified atom stereocenters. The average Bonchev–Trinajstić information content (AvgIpc) is 3.16. The number of rotatable bonds is 8. The number of carbonyl (C=O) groups is 1. The van der Waals surface area contributed by atoms with E-state index in [1.165, 1.54) is 50.6 Å². The number of likely N-dealkylation sites (N-methyl/N-ethyl adjacent to an activating group) is 1. The average molecular weight is 442 g/mol. The predicted molar refractivity (Wildman–Crippen MR) is 119 cm³/mol. The molecule has 0 spiro atoms. The molecule has 1 saturated heterocycles. The van der Waals surface area contributed by atoms with Crippen molar-refractivity contribution in [3.05, 3.63) is 63.2 Å². The molecule has 9 nitrogen and oxygen atoms in total. The number of aromatic hydroxyl groups is 1. The van der Waals surface area contributed by atoms with Gasteiger partial charge in [0.2, 0.25) is 0 Å². The summed E-state index contributed by atoms with van der Waals surface area (Å²) in [6.45, 7) is 0.632. The zero-order valence-corrected chi connectivity index (χ0v) is 18.1. The molecule has 1 aliphatic rings. The third kappa shape index (κ3) is 4.44. The van der Waals surface area contributed by atoms with Crippen molar-refractivity contribution < 1.29 is 29.4 Å². The number of benzene rings is 2. The van der Waals surface area contributed by atoms with Gasteiger partial charge in [0.15, 0.2) is 5.78 Å². The van der Waals surface area contributed by atoms with E-state index in [4.69, 9.17) is 9.47 Å². The van der Waals surface area contributed by atoms with Crippen LogP contribution in [-0.4, -0.2) is 66.3 Å². The van der Waals surface area contributed by atoms with E-state index in [0.717, 1.165) is 6.54 Å². The number of aliphatic hydroxyl groups is 1. The van der Waals surface area contributed by atoms with Crippen LogP contribution in [0.25, 0.3) is 6.08 Å². The molecule has 0 radical (unpaired) electrons. The number of ether oxygens (including phenoxy) is 2. The van der Waals surface area contributed by atoms with Gasteiger partial charge in [-0.25, -0.2) is 0 Å².